The molecule has 6 heteroatoms. The van der Waals surface area contributed by atoms with E-state index in [-0.39, 0.29) is 29.4 Å². The maximum Gasteiger partial charge on any atom is 0.194 e. The minimum absolute atomic E-state index is 0. The van der Waals surface area contributed by atoms with Gasteiger partial charge in [-0.25, -0.2) is 0 Å². The second-order valence-electron chi connectivity index (χ2n) is 8.81. The Bertz CT molecular complexity index is 505. The maximum absolute atomic E-state index is 6.06. The van der Waals surface area contributed by atoms with E-state index in [0.717, 1.165) is 45.4 Å². The zero-order valence-corrected chi connectivity index (χ0v) is 18.3. The lowest BCUT2D eigenvalue weighted by Crippen LogP contribution is -2.71. The first-order valence-electron chi connectivity index (χ1n) is 9.81. The zero-order chi connectivity index (χ0) is 16.8. The van der Waals surface area contributed by atoms with Crippen LogP contribution in [-0.4, -0.2) is 62.5 Å². The van der Waals surface area contributed by atoms with Crippen LogP contribution in [-0.2, 0) is 9.47 Å². The molecule has 144 valence electrons. The van der Waals surface area contributed by atoms with Gasteiger partial charge in [-0.3, -0.25) is 4.99 Å². The van der Waals surface area contributed by atoms with Crippen molar-refractivity contribution in [1.82, 2.24) is 10.2 Å². The van der Waals surface area contributed by atoms with Gasteiger partial charge < -0.3 is 19.7 Å². The van der Waals surface area contributed by atoms with Crippen LogP contribution in [0.5, 0.6) is 0 Å². The Kier molecular flexibility index (Phi) is 5.91. The van der Waals surface area contributed by atoms with Gasteiger partial charge in [0.25, 0.3) is 0 Å². The molecular formula is C19H34IN3O2. The van der Waals surface area contributed by atoms with Gasteiger partial charge in [-0.05, 0) is 32.6 Å². The molecule has 3 saturated heterocycles. The molecule has 4 aliphatic rings. The van der Waals surface area contributed by atoms with E-state index >= 15 is 0 Å². The first-order chi connectivity index (χ1) is 11.6. The number of ether oxygens (including phenoxy) is 2. The van der Waals surface area contributed by atoms with Crippen molar-refractivity contribution in [2.75, 3.05) is 39.5 Å². The normalized spacial score (nSPS) is 39.7. The smallest absolute Gasteiger partial charge is 0.194 e. The third-order valence-electron chi connectivity index (χ3n) is 6.85. The van der Waals surface area contributed by atoms with Crippen LogP contribution >= 0.6 is 24.0 Å². The molecule has 0 aromatic carbocycles. The summed E-state index contributed by atoms with van der Waals surface area (Å²) in [5.74, 6) is 1.76. The highest BCUT2D eigenvalue weighted by Gasteiger charge is 2.58. The largest absolute Gasteiger partial charge is 0.381 e. The Morgan fingerprint density at radius 2 is 2.12 bits per heavy atom. The molecule has 25 heavy (non-hydrogen) atoms. The number of guanidine groups is 1. The fourth-order valence-corrected chi connectivity index (χ4v) is 5.43. The number of likely N-dealkylation sites (tertiary alicyclic amines) is 1. The number of hydrogen-bond donors (Lipinski definition) is 1. The van der Waals surface area contributed by atoms with E-state index in [9.17, 15) is 0 Å². The van der Waals surface area contributed by atoms with E-state index < -0.39 is 0 Å². The quantitative estimate of drug-likeness (QED) is 0.389. The molecule has 3 aliphatic heterocycles. The molecular weight excluding hydrogens is 429 g/mol. The SMILES string of the molecule is CCN=C(NC1C2CCCOC2C1(C)C)N1CCC2(CCOC2)C1.I. The summed E-state index contributed by atoms with van der Waals surface area (Å²) in [5, 5.41) is 3.85. The van der Waals surface area contributed by atoms with Gasteiger partial charge in [0.1, 0.15) is 0 Å². The van der Waals surface area contributed by atoms with Crippen LogP contribution in [0.4, 0.5) is 0 Å². The zero-order valence-electron chi connectivity index (χ0n) is 15.9. The van der Waals surface area contributed by atoms with Crippen molar-refractivity contribution in [3.63, 3.8) is 0 Å². The fourth-order valence-electron chi connectivity index (χ4n) is 5.43. The molecule has 1 N–H and O–H groups in total. The van der Waals surface area contributed by atoms with Crippen molar-refractivity contribution in [2.45, 2.75) is 58.6 Å². The predicted octanol–water partition coefficient (Wildman–Crippen LogP) is 2.89. The molecule has 4 fully saturated rings. The first kappa shape index (κ1) is 19.7. The molecule has 0 aromatic rings. The van der Waals surface area contributed by atoms with Crippen molar-refractivity contribution < 1.29 is 9.47 Å². The first-order valence-corrected chi connectivity index (χ1v) is 9.81. The van der Waals surface area contributed by atoms with E-state index in [1.54, 1.807) is 0 Å². The highest BCUT2D eigenvalue weighted by atomic mass is 127. The minimum atomic E-state index is 0. The molecule has 4 unspecified atom stereocenters. The van der Waals surface area contributed by atoms with Gasteiger partial charge in [0.15, 0.2) is 5.96 Å². The second kappa shape index (κ2) is 7.50. The average molecular weight is 463 g/mol. The summed E-state index contributed by atoms with van der Waals surface area (Å²) in [6.07, 6.45) is 5.33. The Hall–Kier alpha value is -0.0800. The molecule has 0 bridgehead atoms. The summed E-state index contributed by atoms with van der Waals surface area (Å²) in [6.45, 7) is 12.6. The summed E-state index contributed by atoms with van der Waals surface area (Å²) < 4.78 is 11.7. The van der Waals surface area contributed by atoms with Gasteiger partial charge in [0, 0.05) is 55.6 Å². The van der Waals surface area contributed by atoms with Crippen LogP contribution in [0.1, 0.15) is 46.5 Å². The number of hydrogen-bond acceptors (Lipinski definition) is 3. The molecule has 1 aliphatic carbocycles. The van der Waals surface area contributed by atoms with E-state index in [1.165, 1.54) is 25.7 Å². The number of halogens is 1. The number of nitrogens with one attached hydrogen (secondary N) is 1. The van der Waals surface area contributed by atoms with Gasteiger partial charge in [-0.15, -0.1) is 24.0 Å². The molecule has 3 heterocycles. The summed E-state index contributed by atoms with van der Waals surface area (Å²) >= 11 is 0. The van der Waals surface area contributed by atoms with Crippen LogP contribution in [0.2, 0.25) is 0 Å². The summed E-state index contributed by atoms with van der Waals surface area (Å²) in [5.41, 5.74) is 0.565. The Morgan fingerprint density at radius 3 is 2.84 bits per heavy atom. The van der Waals surface area contributed by atoms with Gasteiger partial charge in [0.2, 0.25) is 0 Å². The molecule has 1 saturated carbocycles. The number of nitrogens with zero attached hydrogens (tertiary/aromatic N) is 2. The van der Waals surface area contributed by atoms with Crippen molar-refractivity contribution in [1.29, 1.82) is 0 Å². The molecule has 5 nitrogen and oxygen atoms in total. The third-order valence-corrected chi connectivity index (χ3v) is 6.85. The summed E-state index contributed by atoms with van der Waals surface area (Å²) in [4.78, 5) is 7.31. The van der Waals surface area contributed by atoms with Gasteiger partial charge in [-0.2, -0.15) is 0 Å². The van der Waals surface area contributed by atoms with Crippen LogP contribution in [0.15, 0.2) is 4.99 Å². The lowest BCUT2D eigenvalue weighted by atomic mass is 9.55. The topological polar surface area (TPSA) is 46.1 Å². The van der Waals surface area contributed by atoms with E-state index in [1.807, 2.05) is 0 Å². The van der Waals surface area contributed by atoms with E-state index in [4.69, 9.17) is 14.5 Å². The minimum Gasteiger partial charge on any atom is -0.381 e. The highest BCUT2D eigenvalue weighted by Crippen LogP contribution is 2.51. The van der Waals surface area contributed by atoms with Crippen molar-refractivity contribution >= 4 is 29.9 Å². The Balaban J connectivity index is 0.00000182. The van der Waals surface area contributed by atoms with Crippen LogP contribution in [0.25, 0.3) is 0 Å². The van der Waals surface area contributed by atoms with Gasteiger partial charge in [0.05, 0.1) is 12.7 Å². The van der Waals surface area contributed by atoms with Crippen LogP contribution < -0.4 is 5.32 Å². The monoisotopic (exact) mass is 463 g/mol. The van der Waals surface area contributed by atoms with Crippen molar-refractivity contribution in [3.05, 3.63) is 0 Å². The molecule has 4 atom stereocenters. The second-order valence-corrected chi connectivity index (χ2v) is 8.81. The van der Waals surface area contributed by atoms with E-state index in [0.29, 0.717) is 23.5 Å². The Morgan fingerprint density at radius 1 is 1.28 bits per heavy atom. The average Bonchev–Trinajstić information content (AvgIpc) is 3.21. The van der Waals surface area contributed by atoms with Gasteiger partial charge in [-0.1, -0.05) is 13.8 Å². The van der Waals surface area contributed by atoms with E-state index in [2.05, 4.69) is 31.0 Å². The van der Waals surface area contributed by atoms with Crippen molar-refractivity contribution in [2.24, 2.45) is 21.7 Å². The lowest BCUT2D eigenvalue weighted by molar-refractivity contribution is -0.188. The van der Waals surface area contributed by atoms with Crippen LogP contribution in [0, 0.1) is 16.7 Å². The predicted molar refractivity (Wildman–Crippen MR) is 111 cm³/mol. The maximum atomic E-state index is 6.06. The van der Waals surface area contributed by atoms with Crippen LogP contribution in [0.3, 0.4) is 0 Å². The van der Waals surface area contributed by atoms with Gasteiger partial charge >= 0.3 is 0 Å². The summed E-state index contributed by atoms with van der Waals surface area (Å²) in [7, 11) is 0. The number of rotatable bonds is 2. The molecule has 0 radical (unpaired) electrons. The highest BCUT2D eigenvalue weighted by molar-refractivity contribution is 14.0. The fraction of sp³-hybridized carbons (Fsp3) is 0.947. The number of aliphatic imine (C=N–C) groups is 1. The summed E-state index contributed by atoms with van der Waals surface area (Å²) in [6, 6.07) is 0.476. The Labute approximate surface area is 169 Å². The third kappa shape index (κ3) is 3.43. The van der Waals surface area contributed by atoms with Crippen molar-refractivity contribution in [3.8, 4) is 0 Å². The lowest BCUT2D eigenvalue weighted by Gasteiger charge is -2.60. The molecule has 1 spiro atoms. The molecule has 0 aromatic heterocycles. The standard InChI is InChI=1S/C19H33N3O2.HI/c1-4-20-17(22-9-7-19(12-22)8-11-23-13-19)21-15-14-6-5-10-24-16(14)18(15,2)3;/h14-16H,4-13H2,1-3H3,(H,20,21);1H. The number of fused-ring (bicyclic) bond motifs is 1. The molecule has 4 rings (SSSR count). The molecule has 0 amide bonds.